The molecule has 1 aromatic heterocycles. The van der Waals surface area contributed by atoms with Gasteiger partial charge in [-0.15, -0.1) is 0 Å². The third-order valence-electron chi connectivity index (χ3n) is 4.95. The van der Waals surface area contributed by atoms with E-state index in [0.29, 0.717) is 5.69 Å². The molecule has 22 heavy (non-hydrogen) atoms. The van der Waals surface area contributed by atoms with Crippen molar-refractivity contribution >= 4 is 17.5 Å². The normalized spacial score (nSPS) is 20.9. The summed E-state index contributed by atoms with van der Waals surface area (Å²) in [5.74, 6) is 1.87. The summed E-state index contributed by atoms with van der Waals surface area (Å²) in [4.78, 5) is 23.3. The van der Waals surface area contributed by atoms with Crippen molar-refractivity contribution < 1.29 is 4.79 Å². The molecule has 1 saturated carbocycles. The van der Waals surface area contributed by atoms with Crippen molar-refractivity contribution in [1.82, 2.24) is 9.97 Å². The van der Waals surface area contributed by atoms with E-state index >= 15 is 0 Å². The van der Waals surface area contributed by atoms with Crippen LogP contribution in [0.25, 0.3) is 0 Å². The van der Waals surface area contributed by atoms with Gasteiger partial charge in [-0.05, 0) is 31.6 Å². The van der Waals surface area contributed by atoms with E-state index in [1.165, 1.54) is 32.1 Å². The number of aromatic nitrogens is 2. The fourth-order valence-corrected chi connectivity index (χ4v) is 3.37. The number of hydrogen-bond donors (Lipinski definition) is 1. The van der Waals surface area contributed by atoms with Gasteiger partial charge in [0.25, 0.3) is 0 Å². The molecule has 1 aliphatic heterocycles. The first-order chi connectivity index (χ1) is 10.7. The zero-order valence-electron chi connectivity index (χ0n) is 13.4. The Morgan fingerprint density at radius 3 is 2.36 bits per heavy atom. The summed E-state index contributed by atoms with van der Waals surface area (Å²) in [5.41, 5.74) is 0.713. The van der Waals surface area contributed by atoms with Gasteiger partial charge in [0.2, 0.25) is 11.9 Å². The van der Waals surface area contributed by atoms with Crippen LogP contribution in [0.4, 0.5) is 11.6 Å². The number of hydrogen-bond acceptors (Lipinski definition) is 4. The Bertz CT molecular complexity index is 488. The summed E-state index contributed by atoms with van der Waals surface area (Å²) < 4.78 is 0. The number of anilines is 2. The SMILES string of the molecule is CC1CCN(c2ncc(NC(=O)C3CCCCC3)cn2)CC1. The minimum atomic E-state index is 0.128. The first-order valence-electron chi connectivity index (χ1n) is 8.60. The Morgan fingerprint density at radius 2 is 1.73 bits per heavy atom. The Kier molecular flexibility index (Phi) is 4.90. The number of rotatable bonds is 3. The highest BCUT2D eigenvalue weighted by Gasteiger charge is 2.22. The minimum Gasteiger partial charge on any atom is -0.341 e. The quantitative estimate of drug-likeness (QED) is 0.931. The molecule has 5 heteroatoms. The second-order valence-corrected chi connectivity index (χ2v) is 6.77. The molecule has 0 atom stereocenters. The number of nitrogens with one attached hydrogen (secondary N) is 1. The molecule has 0 aromatic carbocycles. The van der Waals surface area contributed by atoms with Gasteiger partial charge in [-0.3, -0.25) is 4.79 Å². The van der Waals surface area contributed by atoms with E-state index in [9.17, 15) is 4.79 Å². The number of carbonyl (C=O) groups is 1. The Labute approximate surface area is 132 Å². The van der Waals surface area contributed by atoms with Crippen molar-refractivity contribution in [1.29, 1.82) is 0 Å². The highest BCUT2D eigenvalue weighted by Crippen LogP contribution is 2.25. The zero-order chi connectivity index (χ0) is 15.4. The molecule has 2 heterocycles. The van der Waals surface area contributed by atoms with Crippen molar-refractivity contribution in [3.63, 3.8) is 0 Å². The molecular weight excluding hydrogens is 276 g/mol. The highest BCUT2D eigenvalue weighted by molar-refractivity contribution is 5.92. The smallest absolute Gasteiger partial charge is 0.227 e. The second kappa shape index (κ2) is 7.07. The molecule has 0 bridgehead atoms. The number of carbonyl (C=O) groups excluding carboxylic acids is 1. The molecule has 1 saturated heterocycles. The molecule has 2 aliphatic rings. The van der Waals surface area contributed by atoms with Gasteiger partial charge in [0.05, 0.1) is 18.1 Å². The monoisotopic (exact) mass is 302 g/mol. The molecule has 1 N–H and O–H groups in total. The van der Waals surface area contributed by atoms with E-state index in [1.54, 1.807) is 12.4 Å². The van der Waals surface area contributed by atoms with Crippen molar-refractivity contribution in [2.75, 3.05) is 23.3 Å². The number of amides is 1. The van der Waals surface area contributed by atoms with Crippen molar-refractivity contribution in [2.24, 2.45) is 11.8 Å². The maximum atomic E-state index is 12.2. The van der Waals surface area contributed by atoms with Crippen LogP contribution in [0.2, 0.25) is 0 Å². The van der Waals surface area contributed by atoms with Crippen LogP contribution >= 0.6 is 0 Å². The van der Waals surface area contributed by atoms with Gasteiger partial charge >= 0.3 is 0 Å². The maximum Gasteiger partial charge on any atom is 0.227 e. The molecule has 1 aromatic rings. The van der Waals surface area contributed by atoms with E-state index < -0.39 is 0 Å². The van der Waals surface area contributed by atoms with E-state index in [4.69, 9.17) is 0 Å². The standard InChI is InChI=1S/C17H26N4O/c1-13-7-9-21(10-8-13)17-18-11-15(12-19-17)20-16(22)14-5-3-2-4-6-14/h11-14H,2-10H2,1H3,(H,20,22). The molecule has 2 fully saturated rings. The van der Waals surface area contributed by atoms with Crippen LogP contribution in [-0.2, 0) is 4.79 Å². The van der Waals surface area contributed by atoms with Gasteiger partial charge in [0.15, 0.2) is 0 Å². The summed E-state index contributed by atoms with van der Waals surface area (Å²) in [5, 5.41) is 2.97. The topological polar surface area (TPSA) is 58.1 Å². The summed E-state index contributed by atoms with van der Waals surface area (Å²) in [7, 11) is 0. The lowest BCUT2D eigenvalue weighted by Gasteiger charge is -2.30. The molecule has 120 valence electrons. The Balaban J connectivity index is 1.56. The first kappa shape index (κ1) is 15.3. The molecule has 0 radical (unpaired) electrons. The average molecular weight is 302 g/mol. The van der Waals surface area contributed by atoms with E-state index in [0.717, 1.165) is 37.8 Å². The fraction of sp³-hybridized carbons (Fsp3) is 0.706. The third kappa shape index (κ3) is 3.76. The Hall–Kier alpha value is -1.65. The molecule has 0 unspecified atom stereocenters. The van der Waals surface area contributed by atoms with Crippen LogP contribution in [-0.4, -0.2) is 29.0 Å². The molecular formula is C17H26N4O. The van der Waals surface area contributed by atoms with Crippen LogP contribution in [0.3, 0.4) is 0 Å². The second-order valence-electron chi connectivity index (χ2n) is 6.77. The van der Waals surface area contributed by atoms with Crippen molar-refractivity contribution in [3.05, 3.63) is 12.4 Å². The van der Waals surface area contributed by atoms with Crippen molar-refractivity contribution in [3.8, 4) is 0 Å². The van der Waals surface area contributed by atoms with E-state index in [1.807, 2.05) is 0 Å². The van der Waals surface area contributed by atoms with Crippen LogP contribution in [0.5, 0.6) is 0 Å². The molecule has 3 rings (SSSR count). The van der Waals surface area contributed by atoms with E-state index in [2.05, 4.69) is 27.1 Å². The summed E-state index contributed by atoms with van der Waals surface area (Å²) >= 11 is 0. The number of piperidine rings is 1. The lowest BCUT2D eigenvalue weighted by molar-refractivity contribution is -0.120. The fourth-order valence-electron chi connectivity index (χ4n) is 3.37. The first-order valence-corrected chi connectivity index (χ1v) is 8.60. The Morgan fingerprint density at radius 1 is 1.09 bits per heavy atom. The van der Waals surface area contributed by atoms with E-state index in [-0.39, 0.29) is 11.8 Å². The predicted octanol–water partition coefficient (Wildman–Crippen LogP) is 3.23. The summed E-state index contributed by atoms with van der Waals surface area (Å²) in [6.45, 7) is 4.34. The highest BCUT2D eigenvalue weighted by atomic mass is 16.1. The molecule has 1 aliphatic carbocycles. The summed E-state index contributed by atoms with van der Waals surface area (Å²) in [6, 6.07) is 0. The predicted molar refractivity (Wildman–Crippen MR) is 87.8 cm³/mol. The minimum absolute atomic E-state index is 0.128. The van der Waals surface area contributed by atoms with Crippen LogP contribution < -0.4 is 10.2 Å². The molecule has 1 amide bonds. The molecule has 5 nitrogen and oxygen atoms in total. The van der Waals surface area contributed by atoms with Gasteiger partial charge in [0, 0.05) is 19.0 Å². The summed E-state index contributed by atoms with van der Waals surface area (Å²) in [6.07, 6.45) is 11.5. The van der Waals surface area contributed by atoms with Gasteiger partial charge in [-0.2, -0.15) is 0 Å². The zero-order valence-corrected chi connectivity index (χ0v) is 13.4. The van der Waals surface area contributed by atoms with Crippen LogP contribution in [0, 0.1) is 11.8 Å². The van der Waals surface area contributed by atoms with Gasteiger partial charge < -0.3 is 10.2 Å². The van der Waals surface area contributed by atoms with Crippen molar-refractivity contribution in [2.45, 2.75) is 51.9 Å². The van der Waals surface area contributed by atoms with Gasteiger partial charge in [-0.25, -0.2) is 9.97 Å². The average Bonchev–Trinajstić information content (AvgIpc) is 2.57. The van der Waals surface area contributed by atoms with Crippen LogP contribution in [0.1, 0.15) is 51.9 Å². The van der Waals surface area contributed by atoms with Gasteiger partial charge in [-0.1, -0.05) is 26.2 Å². The van der Waals surface area contributed by atoms with Crippen LogP contribution in [0.15, 0.2) is 12.4 Å². The lowest BCUT2D eigenvalue weighted by Crippen LogP contribution is -2.34. The largest absolute Gasteiger partial charge is 0.341 e. The van der Waals surface area contributed by atoms with Gasteiger partial charge in [0.1, 0.15) is 0 Å². The molecule has 0 spiro atoms. The lowest BCUT2D eigenvalue weighted by atomic mass is 9.89. The number of nitrogens with zero attached hydrogens (tertiary/aromatic N) is 3. The maximum absolute atomic E-state index is 12.2. The third-order valence-corrected chi connectivity index (χ3v) is 4.95.